The summed E-state index contributed by atoms with van der Waals surface area (Å²) in [6, 6.07) is 0.141. The van der Waals surface area contributed by atoms with Gasteiger partial charge in [0.25, 0.3) is 0 Å². The van der Waals surface area contributed by atoms with E-state index in [1.54, 1.807) is 0 Å². The van der Waals surface area contributed by atoms with Gasteiger partial charge >= 0.3 is 0 Å². The van der Waals surface area contributed by atoms with Crippen LogP contribution in [0.4, 0.5) is 0 Å². The molecule has 2 rings (SSSR count). The Hall–Kier alpha value is -0.480. The third-order valence-electron chi connectivity index (χ3n) is 3.60. The van der Waals surface area contributed by atoms with Gasteiger partial charge in [-0.25, -0.2) is 0 Å². The molecule has 1 aromatic rings. The zero-order valence-corrected chi connectivity index (χ0v) is 12.2. The summed E-state index contributed by atoms with van der Waals surface area (Å²) in [6.45, 7) is 3.16. The number of thioether (sulfide) groups is 1. The van der Waals surface area contributed by atoms with E-state index in [2.05, 4.69) is 30.0 Å². The van der Waals surface area contributed by atoms with Crippen molar-refractivity contribution in [2.24, 2.45) is 5.73 Å². The van der Waals surface area contributed by atoms with Crippen LogP contribution < -0.4 is 5.73 Å². The van der Waals surface area contributed by atoms with Crippen molar-refractivity contribution in [3.8, 4) is 0 Å². The first-order chi connectivity index (χ1) is 8.79. The van der Waals surface area contributed by atoms with E-state index in [0.29, 0.717) is 0 Å². The number of nitrogens with two attached hydrogens (primary N) is 1. The van der Waals surface area contributed by atoms with E-state index in [1.165, 1.54) is 37.7 Å². The van der Waals surface area contributed by atoms with E-state index in [1.807, 2.05) is 10.9 Å². The molecule has 0 saturated heterocycles. The summed E-state index contributed by atoms with van der Waals surface area (Å²) < 4.78 is 2.00. The number of nitrogens with zero attached hydrogens (tertiary/aromatic N) is 2. The van der Waals surface area contributed by atoms with Gasteiger partial charge in [0.05, 0.1) is 6.20 Å². The van der Waals surface area contributed by atoms with Gasteiger partial charge in [-0.05, 0) is 19.3 Å². The Kier molecular flexibility index (Phi) is 5.57. The highest BCUT2D eigenvalue weighted by Crippen LogP contribution is 2.30. The molecule has 1 fully saturated rings. The van der Waals surface area contributed by atoms with Gasteiger partial charge in [0.2, 0.25) is 0 Å². The van der Waals surface area contributed by atoms with Crippen LogP contribution in [0.3, 0.4) is 0 Å². The first-order valence-corrected chi connectivity index (χ1v) is 8.24. The molecule has 3 nitrogen and oxygen atoms in total. The highest BCUT2D eigenvalue weighted by molar-refractivity contribution is 7.99. The van der Waals surface area contributed by atoms with Crippen molar-refractivity contribution in [1.82, 2.24) is 9.78 Å². The van der Waals surface area contributed by atoms with Gasteiger partial charge in [0.15, 0.2) is 0 Å². The van der Waals surface area contributed by atoms with E-state index >= 15 is 0 Å². The molecule has 0 radical (unpaired) electrons. The van der Waals surface area contributed by atoms with Gasteiger partial charge in [-0.15, -0.1) is 0 Å². The molecule has 2 N–H and O–H groups in total. The van der Waals surface area contributed by atoms with E-state index in [9.17, 15) is 0 Å². The Balaban J connectivity index is 1.77. The molecule has 0 bridgehead atoms. The van der Waals surface area contributed by atoms with Crippen LogP contribution >= 0.6 is 11.8 Å². The molecule has 1 saturated carbocycles. The molecule has 0 aromatic carbocycles. The third kappa shape index (κ3) is 4.02. The highest BCUT2D eigenvalue weighted by atomic mass is 32.2. The maximum Gasteiger partial charge on any atom is 0.0537 e. The normalized spacial score (nSPS) is 19.0. The van der Waals surface area contributed by atoms with E-state index < -0.39 is 0 Å². The van der Waals surface area contributed by atoms with Crippen molar-refractivity contribution in [2.75, 3.05) is 5.75 Å². The van der Waals surface area contributed by atoms with Crippen LogP contribution in [0.25, 0.3) is 0 Å². The molecule has 0 spiro atoms. The Labute approximate surface area is 115 Å². The van der Waals surface area contributed by atoms with E-state index in [-0.39, 0.29) is 6.04 Å². The van der Waals surface area contributed by atoms with Crippen molar-refractivity contribution in [1.29, 1.82) is 0 Å². The molecule has 102 valence electrons. The molecule has 18 heavy (non-hydrogen) atoms. The number of hydrogen-bond donors (Lipinski definition) is 1. The van der Waals surface area contributed by atoms with E-state index in [4.69, 9.17) is 5.73 Å². The van der Waals surface area contributed by atoms with Crippen molar-refractivity contribution < 1.29 is 0 Å². The molecule has 0 aliphatic heterocycles. The van der Waals surface area contributed by atoms with Crippen LogP contribution in [0, 0.1) is 0 Å². The molecule has 0 amide bonds. The Morgan fingerprint density at radius 1 is 1.44 bits per heavy atom. The molecular formula is C14H25N3S. The van der Waals surface area contributed by atoms with Gasteiger partial charge in [-0.1, -0.05) is 26.2 Å². The minimum absolute atomic E-state index is 0.141. The van der Waals surface area contributed by atoms with Crippen molar-refractivity contribution in [2.45, 2.75) is 63.3 Å². The summed E-state index contributed by atoms with van der Waals surface area (Å²) in [5, 5.41) is 5.19. The summed E-state index contributed by atoms with van der Waals surface area (Å²) in [7, 11) is 0. The van der Waals surface area contributed by atoms with E-state index in [0.717, 1.165) is 24.0 Å². The first kappa shape index (κ1) is 13.9. The quantitative estimate of drug-likeness (QED) is 0.859. The second-order valence-corrected chi connectivity index (χ2v) is 6.57. The fourth-order valence-corrected chi connectivity index (χ4v) is 3.83. The van der Waals surface area contributed by atoms with Crippen LogP contribution in [-0.2, 0) is 6.54 Å². The highest BCUT2D eigenvalue weighted by Gasteiger charge is 2.16. The lowest BCUT2D eigenvalue weighted by molar-refractivity contribution is 0.515. The van der Waals surface area contributed by atoms with Crippen molar-refractivity contribution in [3.05, 3.63) is 18.0 Å². The van der Waals surface area contributed by atoms with Crippen LogP contribution in [0.15, 0.2) is 12.4 Å². The lowest BCUT2D eigenvalue weighted by Crippen LogP contribution is -2.16. The molecule has 1 aliphatic carbocycles. The summed E-state index contributed by atoms with van der Waals surface area (Å²) in [5.74, 6) is 1.03. The molecule has 1 heterocycles. The molecule has 1 aromatic heterocycles. The lowest BCUT2D eigenvalue weighted by atomic mass is 10.0. The molecule has 1 aliphatic rings. The van der Waals surface area contributed by atoms with Crippen LogP contribution in [0.1, 0.15) is 57.1 Å². The Morgan fingerprint density at radius 3 is 2.94 bits per heavy atom. The minimum Gasteiger partial charge on any atom is -0.323 e. The predicted octanol–water partition coefficient (Wildman–Crippen LogP) is 3.36. The van der Waals surface area contributed by atoms with Gasteiger partial charge < -0.3 is 5.73 Å². The summed E-state index contributed by atoms with van der Waals surface area (Å²) in [6.07, 6.45) is 12.2. The van der Waals surface area contributed by atoms with Gasteiger partial charge in [0.1, 0.15) is 0 Å². The maximum atomic E-state index is 6.25. The summed E-state index contributed by atoms with van der Waals surface area (Å²) in [4.78, 5) is 0. The SMILES string of the molecule is CCCn1cc(C(N)CSC2CCCCC2)cn1. The monoisotopic (exact) mass is 267 g/mol. The molecule has 1 unspecified atom stereocenters. The minimum atomic E-state index is 0.141. The maximum absolute atomic E-state index is 6.25. The zero-order valence-electron chi connectivity index (χ0n) is 11.3. The number of aromatic nitrogens is 2. The van der Waals surface area contributed by atoms with Gasteiger partial charge in [0, 0.05) is 35.3 Å². The number of aryl methyl sites for hydroxylation is 1. The topological polar surface area (TPSA) is 43.8 Å². The van der Waals surface area contributed by atoms with Crippen LogP contribution in [0.5, 0.6) is 0 Å². The lowest BCUT2D eigenvalue weighted by Gasteiger charge is -2.22. The second kappa shape index (κ2) is 7.19. The predicted molar refractivity (Wildman–Crippen MR) is 78.8 cm³/mol. The Morgan fingerprint density at radius 2 is 2.22 bits per heavy atom. The third-order valence-corrected chi connectivity index (χ3v) is 5.09. The smallest absolute Gasteiger partial charge is 0.0537 e. The fourth-order valence-electron chi connectivity index (χ4n) is 2.49. The average molecular weight is 267 g/mol. The van der Waals surface area contributed by atoms with Gasteiger partial charge in [-0.3, -0.25) is 4.68 Å². The largest absolute Gasteiger partial charge is 0.323 e. The summed E-state index contributed by atoms with van der Waals surface area (Å²) in [5.41, 5.74) is 7.43. The summed E-state index contributed by atoms with van der Waals surface area (Å²) >= 11 is 2.06. The van der Waals surface area contributed by atoms with Gasteiger partial charge in [-0.2, -0.15) is 16.9 Å². The number of hydrogen-bond acceptors (Lipinski definition) is 3. The van der Waals surface area contributed by atoms with Crippen LogP contribution in [-0.4, -0.2) is 20.8 Å². The standard InChI is InChI=1S/C14H25N3S/c1-2-8-17-10-12(9-16-17)14(15)11-18-13-6-4-3-5-7-13/h9-10,13-14H,2-8,11,15H2,1H3. The fraction of sp³-hybridized carbons (Fsp3) is 0.786. The second-order valence-electron chi connectivity index (χ2n) is 5.24. The van der Waals surface area contributed by atoms with Crippen molar-refractivity contribution >= 4 is 11.8 Å². The van der Waals surface area contributed by atoms with Crippen LogP contribution in [0.2, 0.25) is 0 Å². The Bertz CT molecular complexity index is 345. The first-order valence-electron chi connectivity index (χ1n) is 7.19. The molecular weight excluding hydrogens is 242 g/mol. The number of rotatable bonds is 6. The van der Waals surface area contributed by atoms with Crippen molar-refractivity contribution in [3.63, 3.8) is 0 Å². The molecule has 4 heteroatoms. The molecule has 1 atom stereocenters. The average Bonchev–Trinajstić information content (AvgIpc) is 2.86. The zero-order chi connectivity index (χ0) is 12.8.